The van der Waals surface area contributed by atoms with Crippen LogP contribution in [0, 0.1) is 0 Å². The Morgan fingerprint density at radius 1 is 1.71 bits per heavy atom. The first kappa shape index (κ1) is 15.6. The molecular formula is C3H3NOV2. The Morgan fingerprint density at radius 2 is 1.86 bits per heavy atom. The fourth-order valence-electron chi connectivity index (χ4n) is 0. The van der Waals surface area contributed by atoms with Crippen LogP contribution >= 0.6 is 0 Å². The number of rotatable bonds is 1. The Hall–Kier alpha value is 0.539. The molecule has 4 heteroatoms. The van der Waals surface area contributed by atoms with E-state index < -0.39 is 0 Å². The zero-order chi connectivity index (χ0) is 4.28. The predicted molar refractivity (Wildman–Crippen MR) is 17.3 cm³/mol. The van der Waals surface area contributed by atoms with E-state index in [9.17, 15) is 4.79 Å². The fraction of sp³-hybridized carbons (Fsp3) is 0. The van der Waals surface area contributed by atoms with Gasteiger partial charge in [-0.25, -0.2) is 0 Å². The first-order chi connectivity index (χ1) is 2.27. The van der Waals surface area contributed by atoms with E-state index in [-0.39, 0.29) is 29.2 Å². The Balaban J connectivity index is -0.0000000800. The van der Waals surface area contributed by atoms with Crippen molar-refractivity contribution in [3.05, 3.63) is 12.7 Å². The van der Waals surface area contributed by atoms with Crippen molar-refractivity contribution in [3.63, 3.8) is 0 Å². The summed E-state index contributed by atoms with van der Waals surface area (Å²) in [6, 6.07) is 0. The number of hydrogen-bond acceptors (Lipinski definition) is 1. The Morgan fingerprint density at radius 3 is 1.86 bits per heavy atom. The average molecular weight is 171 g/mol. The van der Waals surface area contributed by atoms with E-state index in [1.54, 1.807) is 0 Å². The summed E-state index contributed by atoms with van der Waals surface area (Å²) in [5, 5.41) is 0. The third-order valence-corrected chi connectivity index (χ3v) is 0.460. The minimum Gasteiger partial charge on any atom is 0 e. The fourth-order valence-corrected chi connectivity index (χ4v) is 0. The second-order valence-electron chi connectivity index (χ2n) is 0.542. The third-order valence-electron chi connectivity index (χ3n) is 0.175. The van der Waals surface area contributed by atoms with Gasteiger partial charge in [-0.1, -0.05) is 0 Å². The van der Waals surface area contributed by atoms with Gasteiger partial charge in [-0.15, -0.1) is 0 Å². The predicted octanol–water partition coefficient (Wildman–Crippen LogP) is -0.237. The molecule has 36 valence electrons. The molecule has 0 fully saturated rings. The molecule has 0 aromatic carbocycles. The van der Waals surface area contributed by atoms with Gasteiger partial charge in [0.25, 0.3) is 0 Å². The molecule has 7 heavy (non-hydrogen) atoms. The monoisotopic (exact) mass is 171 g/mol. The van der Waals surface area contributed by atoms with Gasteiger partial charge in [0.05, 0.1) is 0 Å². The van der Waals surface area contributed by atoms with E-state index in [0.717, 1.165) is 0 Å². The maximum Gasteiger partial charge on any atom is 0 e. The molecule has 0 bridgehead atoms. The minimum atomic E-state index is -0.0440. The summed E-state index contributed by atoms with van der Waals surface area (Å²) in [4.78, 5) is 9.67. The molecule has 0 saturated heterocycles. The first-order valence-corrected chi connectivity index (χ1v) is 1.82. The summed E-state index contributed by atoms with van der Waals surface area (Å²) in [7, 11) is 0. The molecule has 0 heterocycles. The van der Waals surface area contributed by atoms with Crippen molar-refractivity contribution in [1.29, 1.82) is 0 Å². The maximum atomic E-state index is 9.67. The van der Waals surface area contributed by atoms with Crippen LogP contribution in [0.1, 0.15) is 0 Å². The van der Waals surface area contributed by atoms with Gasteiger partial charge in [-0.2, -0.15) is 0 Å². The van der Waals surface area contributed by atoms with Gasteiger partial charge in [0, 0.05) is 24.7 Å². The normalized spacial score (nSPS) is 4.57. The molecule has 4 radical (unpaired) electrons. The van der Waals surface area contributed by atoms with Crippen LogP contribution in [0.2, 0.25) is 0 Å². The van der Waals surface area contributed by atoms with Crippen molar-refractivity contribution in [3.8, 4) is 0 Å². The smallest absolute Gasteiger partial charge is 0 e. The van der Waals surface area contributed by atoms with Gasteiger partial charge in [0.2, 0.25) is 0 Å². The zero-order valence-electron chi connectivity index (χ0n) is 3.53. The van der Waals surface area contributed by atoms with Crippen molar-refractivity contribution in [2.45, 2.75) is 0 Å². The van der Waals surface area contributed by atoms with Crippen molar-refractivity contribution in [1.82, 2.24) is 6.15 Å². The largest absolute Gasteiger partial charge is 0 e. The Kier molecular flexibility index (Phi) is 21.8. The minimum absolute atomic E-state index is 0. The van der Waals surface area contributed by atoms with E-state index in [0.29, 0.717) is 0 Å². The van der Waals surface area contributed by atoms with Gasteiger partial charge < -0.3 is 0 Å². The van der Waals surface area contributed by atoms with Gasteiger partial charge in [-0.05, 0) is 0 Å². The summed E-state index contributed by atoms with van der Waals surface area (Å²) >= 11 is 1.85. The van der Waals surface area contributed by atoms with E-state index in [4.69, 9.17) is 0 Å². The first-order valence-electron chi connectivity index (χ1n) is 1.12. The van der Waals surface area contributed by atoms with Crippen LogP contribution in [-0.4, -0.2) is 4.49 Å². The van der Waals surface area contributed by atoms with Crippen LogP contribution in [0.4, 0.5) is 0 Å². The quantitative estimate of drug-likeness (QED) is 0.502. The van der Waals surface area contributed by atoms with E-state index in [1.165, 1.54) is 6.08 Å². The number of allylic oxidation sites excluding steroid dienone is 1. The van der Waals surface area contributed by atoms with E-state index in [1.807, 2.05) is 17.4 Å². The molecule has 0 spiro atoms. The zero-order valence-corrected chi connectivity index (χ0v) is 6.33. The number of carbonyl (C=O) groups is 1. The topological polar surface area (TPSA) is 47.6 Å². The summed E-state index contributed by atoms with van der Waals surface area (Å²) in [6.07, 6.45) is 1.25. The van der Waals surface area contributed by atoms with Crippen molar-refractivity contribution >= 4 is 4.49 Å². The Labute approximate surface area is 64.2 Å². The summed E-state index contributed by atoms with van der Waals surface area (Å²) in [5.74, 6) is 0. The van der Waals surface area contributed by atoms with Crippen LogP contribution in [0.5, 0.6) is 0 Å². The molecular weight excluding hydrogens is 168 g/mol. The standard InChI is InChI=1S/C3H3O.N.2V/c1-2-3-4;;;/h2H,1H2;;;. The van der Waals surface area contributed by atoms with E-state index in [2.05, 4.69) is 6.58 Å². The molecule has 0 amide bonds. The van der Waals surface area contributed by atoms with Crippen LogP contribution in [0.3, 0.4) is 0 Å². The second kappa shape index (κ2) is 9.74. The van der Waals surface area contributed by atoms with Crippen LogP contribution in [0.25, 0.3) is 0 Å². The number of carbonyl (C=O) groups excluding carboxylic acids is 1. The summed E-state index contributed by atoms with van der Waals surface area (Å²) < 4.78 is -0.0440. The van der Waals surface area contributed by atoms with Gasteiger partial charge >= 0.3 is 39.4 Å². The second-order valence-corrected chi connectivity index (χ2v) is 1.23. The molecule has 0 N–H and O–H groups in total. The SMILES string of the molecule is C=C[C](=O)[V].[N].[V]. The number of nitrogens with zero attached hydrogens (tertiary/aromatic N) is 1. The number of hydrogen-bond donors (Lipinski definition) is 0. The molecule has 0 aromatic heterocycles. The molecule has 0 aliphatic rings. The van der Waals surface area contributed by atoms with Crippen molar-refractivity contribution in [2.24, 2.45) is 0 Å². The average Bonchev–Trinajstić information content (AvgIpc) is 1.38. The Bertz CT molecular complexity index is 64.0. The van der Waals surface area contributed by atoms with Gasteiger partial charge in [0.15, 0.2) is 0 Å². The molecule has 0 aromatic rings. The summed E-state index contributed by atoms with van der Waals surface area (Å²) in [5.41, 5.74) is 0. The summed E-state index contributed by atoms with van der Waals surface area (Å²) in [6.45, 7) is 3.20. The molecule has 0 rings (SSSR count). The molecule has 2 nitrogen and oxygen atoms in total. The molecule has 0 saturated carbocycles. The molecule has 0 atom stereocenters. The van der Waals surface area contributed by atoms with E-state index >= 15 is 0 Å². The van der Waals surface area contributed by atoms with Gasteiger partial charge in [0.1, 0.15) is 0 Å². The third kappa shape index (κ3) is 20.9. The van der Waals surface area contributed by atoms with Crippen LogP contribution in [0.15, 0.2) is 12.7 Å². The van der Waals surface area contributed by atoms with Crippen molar-refractivity contribution < 1.29 is 40.8 Å². The molecule has 0 unspecified atom stereocenters. The van der Waals surface area contributed by atoms with Crippen LogP contribution in [-0.2, 0) is 40.8 Å². The van der Waals surface area contributed by atoms with Gasteiger partial charge in [-0.3, -0.25) is 0 Å². The van der Waals surface area contributed by atoms with Crippen LogP contribution < -0.4 is 6.15 Å². The molecule has 0 aliphatic carbocycles. The molecule has 0 aliphatic heterocycles. The maximum absolute atomic E-state index is 9.67. The van der Waals surface area contributed by atoms with Crippen molar-refractivity contribution in [2.75, 3.05) is 0 Å².